The van der Waals surface area contributed by atoms with Crippen LogP contribution in [0, 0.1) is 0 Å². The van der Waals surface area contributed by atoms with E-state index in [0.717, 1.165) is 44.1 Å². The van der Waals surface area contributed by atoms with Crippen molar-refractivity contribution >= 4 is 33.2 Å². The molecular weight excluding hydrogens is 424 g/mol. The topological polar surface area (TPSA) is 24.8 Å². The maximum Gasteiger partial charge on any atom is 0.213 e. The Morgan fingerprint density at radius 1 is 0.963 bits per heavy atom. The molecule has 0 spiro atoms. The molecule has 5 heteroatoms. The third-order valence-electron chi connectivity index (χ3n) is 5.04. The van der Waals surface area contributed by atoms with Crippen LogP contribution in [0.1, 0.15) is 35.4 Å². The fourth-order valence-corrected chi connectivity index (χ4v) is 4.25. The second-order valence-electron chi connectivity index (χ2n) is 6.69. The van der Waals surface area contributed by atoms with E-state index in [-0.39, 0.29) is 12.3 Å². The molecule has 2 heterocycles. The van der Waals surface area contributed by atoms with Crippen LogP contribution in [0.5, 0.6) is 5.75 Å². The summed E-state index contributed by atoms with van der Waals surface area (Å²) in [5.41, 5.74) is 4.21. The molecule has 3 aromatic carbocycles. The van der Waals surface area contributed by atoms with Gasteiger partial charge in [-0.05, 0) is 24.3 Å². The van der Waals surface area contributed by atoms with Gasteiger partial charge in [0.05, 0.1) is 11.8 Å². The minimum atomic E-state index is -0.266. The molecule has 0 saturated heterocycles. The SMILES string of the molecule is Clc1ccccc1C1=NN2C(C1)c1ccccc1OC2c1ccc(Br)cc1. The van der Waals surface area contributed by atoms with Crippen LogP contribution >= 0.6 is 27.5 Å². The number of ether oxygens (including phenoxy) is 1. The zero-order valence-corrected chi connectivity index (χ0v) is 16.7. The third-order valence-corrected chi connectivity index (χ3v) is 5.90. The van der Waals surface area contributed by atoms with Gasteiger partial charge in [0, 0.05) is 32.6 Å². The molecule has 2 atom stereocenters. The van der Waals surface area contributed by atoms with Gasteiger partial charge >= 0.3 is 0 Å². The molecule has 0 bridgehead atoms. The first-order valence-electron chi connectivity index (χ1n) is 8.82. The summed E-state index contributed by atoms with van der Waals surface area (Å²) in [6.07, 6.45) is 0.537. The molecule has 134 valence electrons. The number of halogens is 2. The highest BCUT2D eigenvalue weighted by molar-refractivity contribution is 9.10. The normalized spacial score (nSPS) is 20.5. The lowest BCUT2D eigenvalue weighted by molar-refractivity contribution is -0.0190. The largest absolute Gasteiger partial charge is 0.464 e. The van der Waals surface area contributed by atoms with E-state index in [0.29, 0.717) is 0 Å². The van der Waals surface area contributed by atoms with Crippen LogP contribution in [0.4, 0.5) is 0 Å². The number of benzene rings is 3. The van der Waals surface area contributed by atoms with Crippen molar-refractivity contribution in [1.29, 1.82) is 0 Å². The zero-order chi connectivity index (χ0) is 18.4. The lowest BCUT2D eigenvalue weighted by Crippen LogP contribution is -2.33. The smallest absolute Gasteiger partial charge is 0.213 e. The molecule has 0 aliphatic carbocycles. The van der Waals surface area contributed by atoms with Gasteiger partial charge in [0.15, 0.2) is 0 Å². The lowest BCUT2D eigenvalue weighted by Gasteiger charge is -2.38. The Labute approximate surface area is 171 Å². The Morgan fingerprint density at radius 2 is 1.70 bits per heavy atom. The minimum absolute atomic E-state index is 0.134. The highest BCUT2D eigenvalue weighted by Gasteiger charge is 2.41. The first kappa shape index (κ1) is 16.8. The van der Waals surface area contributed by atoms with Crippen LogP contribution in [0.15, 0.2) is 82.4 Å². The van der Waals surface area contributed by atoms with Gasteiger partial charge in [0.1, 0.15) is 5.75 Å². The molecule has 0 aromatic heterocycles. The van der Waals surface area contributed by atoms with Crippen LogP contribution in [0.2, 0.25) is 5.02 Å². The van der Waals surface area contributed by atoms with Crippen molar-refractivity contribution in [2.24, 2.45) is 5.10 Å². The van der Waals surface area contributed by atoms with Crippen LogP contribution in [0.25, 0.3) is 0 Å². The van der Waals surface area contributed by atoms with Crippen LogP contribution in [-0.4, -0.2) is 10.7 Å². The standard InChI is InChI=1S/C22H16BrClN2O/c23-15-11-9-14(10-12-15)22-26-20(17-6-2-4-8-21(17)27-22)13-19(25-26)16-5-1-3-7-18(16)24/h1-12,20,22H,13H2. The monoisotopic (exact) mass is 438 g/mol. The number of hydrazone groups is 1. The lowest BCUT2D eigenvalue weighted by atomic mass is 9.96. The van der Waals surface area contributed by atoms with Crippen molar-refractivity contribution in [3.8, 4) is 5.75 Å². The van der Waals surface area contributed by atoms with E-state index >= 15 is 0 Å². The van der Waals surface area contributed by atoms with E-state index in [2.05, 4.69) is 39.1 Å². The summed E-state index contributed by atoms with van der Waals surface area (Å²) < 4.78 is 7.40. The predicted molar refractivity (Wildman–Crippen MR) is 111 cm³/mol. The van der Waals surface area contributed by atoms with Crippen molar-refractivity contribution in [3.63, 3.8) is 0 Å². The van der Waals surface area contributed by atoms with Crippen molar-refractivity contribution in [2.45, 2.75) is 18.7 Å². The van der Waals surface area contributed by atoms with Crippen molar-refractivity contribution < 1.29 is 4.74 Å². The molecular formula is C22H16BrClN2O. The molecule has 0 N–H and O–H groups in total. The predicted octanol–water partition coefficient (Wildman–Crippen LogP) is 6.34. The molecule has 3 aromatic rings. The fraction of sp³-hybridized carbons (Fsp3) is 0.136. The van der Waals surface area contributed by atoms with Gasteiger partial charge in [0.25, 0.3) is 0 Å². The Hall–Kier alpha value is -2.30. The molecule has 3 nitrogen and oxygen atoms in total. The van der Waals surface area contributed by atoms with Crippen LogP contribution in [0.3, 0.4) is 0 Å². The fourth-order valence-electron chi connectivity index (χ4n) is 3.74. The van der Waals surface area contributed by atoms with E-state index in [1.54, 1.807) is 0 Å². The molecule has 0 amide bonds. The van der Waals surface area contributed by atoms with Gasteiger partial charge < -0.3 is 4.74 Å². The number of fused-ring (bicyclic) bond motifs is 3. The van der Waals surface area contributed by atoms with Gasteiger partial charge in [-0.3, -0.25) is 0 Å². The first-order valence-corrected chi connectivity index (χ1v) is 9.99. The number of rotatable bonds is 2. The van der Waals surface area contributed by atoms with Gasteiger partial charge in [-0.25, -0.2) is 5.01 Å². The number of hydrogen-bond acceptors (Lipinski definition) is 3. The first-order chi connectivity index (χ1) is 13.2. The summed E-state index contributed by atoms with van der Waals surface area (Å²) in [6.45, 7) is 0. The summed E-state index contributed by atoms with van der Waals surface area (Å²) in [4.78, 5) is 0. The second kappa shape index (κ2) is 6.70. The number of hydrogen-bond donors (Lipinski definition) is 0. The van der Waals surface area contributed by atoms with Gasteiger partial charge in [-0.2, -0.15) is 5.10 Å². The van der Waals surface area contributed by atoms with E-state index in [9.17, 15) is 0 Å². The Balaban J connectivity index is 1.61. The van der Waals surface area contributed by atoms with E-state index < -0.39 is 0 Å². The molecule has 2 unspecified atom stereocenters. The Kier molecular flexibility index (Phi) is 4.18. The van der Waals surface area contributed by atoms with E-state index in [4.69, 9.17) is 21.4 Å². The van der Waals surface area contributed by atoms with Gasteiger partial charge in [-0.15, -0.1) is 0 Å². The average molecular weight is 440 g/mol. The summed E-state index contributed by atoms with van der Waals surface area (Å²) in [6, 6.07) is 24.4. The number of nitrogens with zero attached hydrogens (tertiary/aromatic N) is 2. The zero-order valence-electron chi connectivity index (χ0n) is 14.3. The molecule has 2 aliphatic rings. The van der Waals surface area contributed by atoms with Crippen molar-refractivity contribution in [3.05, 3.63) is 99.0 Å². The summed E-state index contributed by atoms with van der Waals surface area (Å²) in [5, 5.41) is 7.75. The molecule has 0 saturated carbocycles. The van der Waals surface area contributed by atoms with Gasteiger partial charge in [-0.1, -0.05) is 76.1 Å². The molecule has 0 fully saturated rings. The Morgan fingerprint density at radius 3 is 2.52 bits per heavy atom. The summed E-state index contributed by atoms with van der Waals surface area (Å²) in [7, 11) is 0. The maximum absolute atomic E-state index is 6.44. The number of para-hydroxylation sites is 1. The molecule has 27 heavy (non-hydrogen) atoms. The molecule has 0 radical (unpaired) electrons. The van der Waals surface area contributed by atoms with Gasteiger partial charge in [0.2, 0.25) is 6.23 Å². The quantitative estimate of drug-likeness (QED) is 0.465. The van der Waals surface area contributed by atoms with Crippen LogP contribution in [-0.2, 0) is 0 Å². The third kappa shape index (κ3) is 2.93. The van der Waals surface area contributed by atoms with Crippen molar-refractivity contribution in [2.75, 3.05) is 0 Å². The second-order valence-corrected chi connectivity index (χ2v) is 8.01. The van der Waals surface area contributed by atoms with E-state index in [1.807, 2.05) is 54.6 Å². The van der Waals surface area contributed by atoms with Crippen molar-refractivity contribution in [1.82, 2.24) is 5.01 Å². The molecule has 5 rings (SSSR count). The Bertz CT molecular complexity index is 1030. The summed E-state index contributed by atoms with van der Waals surface area (Å²) in [5.74, 6) is 0.919. The van der Waals surface area contributed by atoms with E-state index in [1.165, 1.54) is 0 Å². The van der Waals surface area contributed by atoms with Crippen LogP contribution < -0.4 is 4.74 Å². The summed E-state index contributed by atoms with van der Waals surface area (Å²) >= 11 is 9.94. The molecule has 2 aliphatic heterocycles. The highest BCUT2D eigenvalue weighted by Crippen LogP contribution is 2.47. The highest BCUT2D eigenvalue weighted by atomic mass is 79.9. The average Bonchev–Trinajstić information content (AvgIpc) is 3.14. The maximum atomic E-state index is 6.44. The minimum Gasteiger partial charge on any atom is -0.464 e.